The van der Waals surface area contributed by atoms with Crippen LogP contribution in [0.1, 0.15) is 52.4 Å². The van der Waals surface area contributed by atoms with E-state index in [4.69, 9.17) is 5.73 Å². The molecule has 72 valence electrons. The molecule has 1 atom stereocenters. The number of hydrogen-bond donors (Lipinski definition) is 1. The first-order valence-corrected chi connectivity index (χ1v) is 5.48. The largest absolute Gasteiger partial charge is 0.328 e. The Balaban J connectivity index is 2.17. The van der Waals surface area contributed by atoms with Gasteiger partial charge < -0.3 is 5.73 Å². The number of hydrogen-bond acceptors (Lipinski definition) is 1. The average Bonchev–Trinajstić information content (AvgIpc) is 2.09. The first kappa shape index (κ1) is 10.0. The third kappa shape index (κ3) is 3.14. The molecule has 0 radical (unpaired) electrons. The SMILES string of the molecule is CCC(C)C[C@H]1CC[C@H](N)CC1. The zero-order chi connectivity index (χ0) is 8.97. The van der Waals surface area contributed by atoms with Crippen LogP contribution in [0.15, 0.2) is 0 Å². The number of rotatable bonds is 3. The second kappa shape index (κ2) is 4.86. The van der Waals surface area contributed by atoms with Crippen molar-refractivity contribution in [2.75, 3.05) is 0 Å². The topological polar surface area (TPSA) is 26.0 Å². The van der Waals surface area contributed by atoms with Gasteiger partial charge in [0.05, 0.1) is 0 Å². The first-order valence-electron chi connectivity index (χ1n) is 5.48. The van der Waals surface area contributed by atoms with E-state index in [0.29, 0.717) is 6.04 Å². The summed E-state index contributed by atoms with van der Waals surface area (Å²) in [7, 11) is 0. The van der Waals surface area contributed by atoms with E-state index in [9.17, 15) is 0 Å². The molecule has 0 aromatic heterocycles. The van der Waals surface area contributed by atoms with Crippen molar-refractivity contribution < 1.29 is 0 Å². The summed E-state index contributed by atoms with van der Waals surface area (Å²) in [5, 5.41) is 0. The van der Waals surface area contributed by atoms with Gasteiger partial charge in [-0.15, -0.1) is 0 Å². The molecule has 2 N–H and O–H groups in total. The molecule has 1 rings (SSSR count). The van der Waals surface area contributed by atoms with Crippen LogP contribution in [0.2, 0.25) is 0 Å². The highest BCUT2D eigenvalue weighted by Crippen LogP contribution is 2.29. The van der Waals surface area contributed by atoms with E-state index in [1.807, 2.05) is 0 Å². The Bertz CT molecular complexity index is 114. The molecule has 1 fully saturated rings. The lowest BCUT2D eigenvalue weighted by molar-refractivity contribution is 0.274. The standard InChI is InChI=1S/C11H23N/c1-3-9(2)8-10-4-6-11(12)7-5-10/h9-11H,3-8,12H2,1-2H3/t9?,10-,11-. The van der Waals surface area contributed by atoms with Gasteiger partial charge in [0.25, 0.3) is 0 Å². The third-order valence-electron chi connectivity index (χ3n) is 3.32. The summed E-state index contributed by atoms with van der Waals surface area (Å²) in [4.78, 5) is 0. The summed E-state index contributed by atoms with van der Waals surface area (Å²) in [6.07, 6.45) is 8.06. The molecule has 1 saturated carbocycles. The summed E-state index contributed by atoms with van der Waals surface area (Å²) < 4.78 is 0. The summed E-state index contributed by atoms with van der Waals surface area (Å²) in [6.45, 7) is 4.66. The first-order chi connectivity index (χ1) is 5.72. The molecule has 12 heavy (non-hydrogen) atoms. The van der Waals surface area contributed by atoms with Crippen LogP contribution in [0.3, 0.4) is 0 Å². The van der Waals surface area contributed by atoms with Gasteiger partial charge in [0.1, 0.15) is 0 Å². The van der Waals surface area contributed by atoms with E-state index in [0.717, 1.165) is 11.8 Å². The molecule has 0 spiro atoms. The summed E-state index contributed by atoms with van der Waals surface area (Å²) in [5.41, 5.74) is 5.86. The van der Waals surface area contributed by atoms with E-state index in [-0.39, 0.29) is 0 Å². The van der Waals surface area contributed by atoms with E-state index in [2.05, 4.69) is 13.8 Å². The Morgan fingerprint density at radius 2 is 1.83 bits per heavy atom. The predicted octanol–water partition coefficient (Wildman–Crippen LogP) is 2.94. The molecule has 0 amide bonds. The van der Waals surface area contributed by atoms with Gasteiger partial charge in [0.15, 0.2) is 0 Å². The zero-order valence-corrected chi connectivity index (χ0v) is 8.55. The third-order valence-corrected chi connectivity index (χ3v) is 3.32. The Morgan fingerprint density at radius 3 is 2.33 bits per heavy atom. The van der Waals surface area contributed by atoms with E-state index >= 15 is 0 Å². The summed E-state index contributed by atoms with van der Waals surface area (Å²) >= 11 is 0. The van der Waals surface area contributed by atoms with Gasteiger partial charge in [0.2, 0.25) is 0 Å². The van der Waals surface area contributed by atoms with Crippen molar-refractivity contribution in [3.05, 3.63) is 0 Å². The Labute approximate surface area is 76.7 Å². The average molecular weight is 169 g/mol. The molecular weight excluding hydrogens is 146 g/mol. The summed E-state index contributed by atoms with van der Waals surface area (Å²) in [6, 6.07) is 0.512. The van der Waals surface area contributed by atoms with Crippen LogP contribution >= 0.6 is 0 Å². The van der Waals surface area contributed by atoms with Crippen LogP contribution in [0, 0.1) is 11.8 Å². The Morgan fingerprint density at radius 1 is 1.25 bits per heavy atom. The van der Waals surface area contributed by atoms with Gasteiger partial charge in [-0.05, 0) is 43.9 Å². The molecule has 0 aromatic carbocycles. The van der Waals surface area contributed by atoms with Gasteiger partial charge >= 0.3 is 0 Å². The van der Waals surface area contributed by atoms with Crippen LogP contribution in [-0.4, -0.2) is 6.04 Å². The van der Waals surface area contributed by atoms with Gasteiger partial charge in [-0.25, -0.2) is 0 Å². The lowest BCUT2D eigenvalue weighted by Gasteiger charge is -2.27. The maximum absolute atomic E-state index is 5.86. The monoisotopic (exact) mass is 169 g/mol. The molecule has 1 unspecified atom stereocenters. The van der Waals surface area contributed by atoms with E-state index in [1.54, 1.807) is 0 Å². The molecule has 0 bridgehead atoms. The van der Waals surface area contributed by atoms with Crippen molar-refractivity contribution in [3.8, 4) is 0 Å². The predicted molar refractivity (Wildman–Crippen MR) is 54.0 cm³/mol. The minimum atomic E-state index is 0.512. The minimum absolute atomic E-state index is 0.512. The van der Waals surface area contributed by atoms with Crippen LogP contribution in [-0.2, 0) is 0 Å². The molecule has 1 aliphatic carbocycles. The van der Waals surface area contributed by atoms with E-state index in [1.165, 1.54) is 38.5 Å². The van der Waals surface area contributed by atoms with Crippen molar-refractivity contribution in [2.45, 2.75) is 58.4 Å². The maximum Gasteiger partial charge on any atom is 0.00390 e. The lowest BCUT2D eigenvalue weighted by Crippen LogP contribution is -2.27. The van der Waals surface area contributed by atoms with Gasteiger partial charge in [-0.2, -0.15) is 0 Å². The fourth-order valence-electron chi connectivity index (χ4n) is 2.16. The lowest BCUT2D eigenvalue weighted by atomic mass is 9.81. The highest BCUT2D eigenvalue weighted by molar-refractivity contribution is 4.75. The fourth-order valence-corrected chi connectivity index (χ4v) is 2.16. The smallest absolute Gasteiger partial charge is 0.00390 e. The quantitative estimate of drug-likeness (QED) is 0.690. The second-order valence-electron chi connectivity index (χ2n) is 4.53. The van der Waals surface area contributed by atoms with Crippen molar-refractivity contribution in [3.63, 3.8) is 0 Å². The van der Waals surface area contributed by atoms with Crippen LogP contribution in [0.5, 0.6) is 0 Å². The maximum atomic E-state index is 5.86. The van der Waals surface area contributed by atoms with Gasteiger partial charge in [-0.1, -0.05) is 20.3 Å². The number of nitrogens with two attached hydrogens (primary N) is 1. The molecule has 0 heterocycles. The normalized spacial score (nSPS) is 33.2. The molecule has 0 aliphatic heterocycles. The Hall–Kier alpha value is -0.0400. The zero-order valence-electron chi connectivity index (χ0n) is 8.55. The van der Waals surface area contributed by atoms with Gasteiger partial charge in [-0.3, -0.25) is 0 Å². The molecular formula is C11H23N. The van der Waals surface area contributed by atoms with Crippen LogP contribution in [0.25, 0.3) is 0 Å². The minimum Gasteiger partial charge on any atom is -0.328 e. The van der Waals surface area contributed by atoms with Crippen molar-refractivity contribution >= 4 is 0 Å². The molecule has 1 heteroatoms. The molecule has 1 aliphatic rings. The Kier molecular flexibility index (Phi) is 4.07. The van der Waals surface area contributed by atoms with Gasteiger partial charge in [0, 0.05) is 6.04 Å². The highest BCUT2D eigenvalue weighted by atomic mass is 14.6. The summed E-state index contributed by atoms with van der Waals surface area (Å²) in [5.74, 6) is 1.91. The van der Waals surface area contributed by atoms with Crippen LogP contribution in [0.4, 0.5) is 0 Å². The highest BCUT2D eigenvalue weighted by Gasteiger charge is 2.19. The van der Waals surface area contributed by atoms with Crippen molar-refractivity contribution in [1.82, 2.24) is 0 Å². The van der Waals surface area contributed by atoms with Crippen molar-refractivity contribution in [2.24, 2.45) is 17.6 Å². The molecule has 0 aromatic rings. The van der Waals surface area contributed by atoms with E-state index < -0.39 is 0 Å². The second-order valence-corrected chi connectivity index (χ2v) is 4.53. The van der Waals surface area contributed by atoms with Crippen molar-refractivity contribution in [1.29, 1.82) is 0 Å². The fraction of sp³-hybridized carbons (Fsp3) is 1.00. The van der Waals surface area contributed by atoms with Crippen LogP contribution < -0.4 is 5.73 Å². The molecule has 1 nitrogen and oxygen atoms in total. The molecule has 0 saturated heterocycles.